The van der Waals surface area contributed by atoms with Crippen molar-refractivity contribution in [3.8, 4) is 17.0 Å². The maximum Gasteiger partial charge on any atom is 0.152 e. The third-order valence-corrected chi connectivity index (χ3v) is 3.76. The minimum absolute atomic E-state index is 0.786. The molecule has 21 heavy (non-hydrogen) atoms. The number of anilines is 1. The number of nitrogens with zero attached hydrogens (tertiary/aromatic N) is 1. The number of methoxy groups -OCH3 is 1. The summed E-state index contributed by atoms with van der Waals surface area (Å²) in [7, 11) is 1.68. The van der Waals surface area contributed by atoms with Crippen molar-refractivity contribution in [1.29, 1.82) is 0 Å². The van der Waals surface area contributed by atoms with Crippen LogP contribution in [0.1, 0.15) is 5.56 Å². The summed E-state index contributed by atoms with van der Waals surface area (Å²) in [5, 5.41) is 5.40. The second kappa shape index (κ2) is 6.41. The Morgan fingerprint density at radius 1 is 1.10 bits per heavy atom. The van der Waals surface area contributed by atoms with E-state index in [0.29, 0.717) is 0 Å². The molecule has 3 rings (SSSR count). The van der Waals surface area contributed by atoms with E-state index in [1.165, 1.54) is 16.9 Å². The number of thiazole rings is 1. The lowest BCUT2D eigenvalue weighted by molar-refractivity contribution is 0.414. The summed E-state index contributed by atoms with van der Waals surface area (Å²) in [6, 6.07) is 16.3. The SMILES string of the molecule is COc1ccc(CNc2ccc(-c3cs[c]n3)cc2)cc1. The second-order valence-corrected chi connectivity index (χ2v) is 5.26. The molecule has 1 radical (unpaired) electrons. The van der Waals surface area contributed by atoms with E-state index in [4.69, 9.17) is 4.74 Å². The summed E-state index contributed by atoms with van der Waals surface area (Å²) in [5.74, 6) is 0.878. The molecule has 105 valence electrons. The number of aromatic nitrogens is 1. The molecule has 0 aliphatic rings. The lowest BCUT2D eigenvalue weighted by Crippen LogP contribution is -1.99. The van der Waals surface area contributed by atoms with Crippen molar-refractivity contribution < 1.29 is 4.74 Å². The fourth-order valence-corrected chi connectivity index (χ4v) is 2.53. The van der Waals surface area contributed by atoms with Crippen molar-refractivity contribution in [3.63, 3.8) is 0 Å². The van der Waals surface area contributed by atoms with Gasteiger partial charge >= 0.3 is 0 Å². The van der Waals surface area contributed by atoms with Gasteiger partial charge in [-0.05, 0) is 29.8 Å². The maximum absolute atomic E-state index is 5.15. The lowest BCUT2D eigenvalue weighted by Gasteiger charge is -2.08. The molecule has 0 bridgehead atoms. The lowest BCUT2D eigenvalue weighted by atomic mass is 10.1. The summed E-state index contributed by atoms with van der Waals surface area (Å²) in [5.41, 5.74) is 7.26. The molecule has 3 nitrogen and oxygen atoms in total. The van der Waals surface area contributed by atoms with Gasteiger partial charge in [0.25, 0.3) is 0 Å². The first-order chi connectivity index (χ1) is 10.3. The molecule has 0 amide bonds. The van der Waals surface area contributed by atoms with Crippen molar-refractivity contribution in [1.82, 2.24) is 4.98 Å². The second-order valence-electron chi connectivity index (χ2n) is 4.60. The molecule has 1 aromatic heterocycles. The molecule has 4 heteroatoms. The number of nitrogens with one attached hydrogen (secondary N) is 1. The van der Waals surface area contributed by atoms with Gasteiger partial charge in [-0.25, -0.2) is 4.98 Å². The number of hydrogen-bond donors (Lipinski definition) is 1. The van der Waals surface area contributed by atoms with Gasteiger partial charge in [0.05, 0.1) is 12.8 Å². The van der Waals surface area contributed by atoms with Crippen molar-refractivity contribution in [2.75, 3.05) is 12.4 Å². The van der Waals surface area contributed by atoms with Crippen LogP contribution < -0.4 is 10.1 Å². The van der Waals surface area contributed by atoms with Crippen LogP contribution in [0.5, 0.6) is 5.75 Å². The summed E-state index contributed by atoms with van der Waals surface area (Å²) >= 11 is 1.49. The Morgan fingerprint density at radius 2 is 1.86 bits per heavy atom. The topological polar surface area (TPSA) is 34.1 Å². The quantitative estimate of drug-likeness (QED) is 0.765. The Kier molecular flexibility index (Phi) is 4.17. The van der Waals surface area contributed by atoms with Crippen LogP contribution in [0.3, 0.4) is 0 Å². The first kappa shape index (κ1) is 13.6. The molecule has 0 atom stereocenters. The Labute approximate surface area is 128 Å². The average Bonchev–Trinajstić information content (AvgIpc) is 3.08. The Hall–Kier alpha value is -2.33. The zero-order valence-electron chi connectivity index (χ0n) is 11.7. The predicted octanol–water partition coefficient (Wildman–Crippen LogP) is 4.23. The normalized spacial score (nSPS) is 10.3. The van der Waals surface area contributed by atoms with Gasteiger partial charge in [0.2, 0.25) is 0 Å². The molecule has 0 spiro atoms. The monoisotopic (exact) mass is 295 g/mol. The van der Waals surface area contributed by atoms with Gasteiger partial charge in [0, 0.05) is 23.2 Å². The minimum Gasteiger partial charge on any atom is -0.497 e. The maximum atomic E-state index is 5.15. The zero-order valence-corrected chi connectivity index (χ0v) is 12.5. The average molecular weight is 295 g/mol. The van der Waals surface area contributed by atoms with E-state index in [1.807, 2.05) is 17.5 Å². The molecule has 3 aromatic rings. The highest BCUT2D eigenvalue weighted by molar-refractivity contribution is 7.07. The fourth-order valence-electron chi connectivity index (χ4n) is 2.02. The van der Waals surface area contributed by atoms with Crippen molar-refractivity contribution >= 4 is 17.0 Å². The number of ether oxygens (including phenoxy) is 1. The van der Waals surface area contributed by atoms with Gasteiger partial charge in [-0.15, -0.1) is 11.3 Å². The third-order valence-electron chi connectivity index (χ3n) is 3.23. The standard InChI is InChI=1S/C17H15N2OS/c1-20-16-8-2-13(3-9-16)10-18-15-6-4-14(5-7-15)17-11-21-12-19-17/h2-9,11,18H,10H2,1H3. The molecule has 1 heterocycles. The Morgan fingerprint density at radius 3 is 2.48 bits per heavy atom. The largest absolute Gasteiger partial charge is 0.497 e. The van der Waals surface area contributed by atoms with E-state index >= 15 is 0 Å². The van der Waals surface area contributed by atoms with E-state index in [2.05, 4.69) is 52.2 Å². The first-order valence-electron chi connectivity index (χ1n) is 6.64. The van der Waals surface area contributed by atoms with Gasteiger partial charge in [-0.1, -0.05) is 24.3 Å². The molecule has 0 aliphatic carbocycles. The van der Waals surface area contributed by atoms with Gasteiger partial charge in [0.1, 0.15) is 5.75 Å². The molecular weight excluding hydrogens is 280 g/mol. The number of hydrogen-bond acceptors (Lipinski definition) is 4. The van der Waals surface area contributed by atoms with E-state index in [9.17, 15) is 0 Å². The van der Waals surface area contributed by atoms with Crippen LogP contribution >= 0.6 is 11.3 Å². The first-order valence-corrected chi connectivity index (χ1v) is 7.52. The predicted molar refractivity (Wildman–Crippen MR) is 86.7 cm³/mol. The van der Waals surface area contributed by atoms with Gasteiger partial charge in [0.15, 0.2) is 5.51 Å². The van der Waals surface area contributed by atoms with E-state index in [1.54, 1.807) is 7.11 Å². The van der Waals surface area contributed by atoms with Crippen LogP contribution in [0.4, 0.5) is 5.69 Å². The molecule has 0 saturated carbocycles. The highest BCUT2D eigenvalue weighted by Gasteiger charge is 2.00. The Bertz CT molecular complexity index is 676. The molecular formula is C17H15N2OS. The van der Waals surface area contributed by atoms with Crippen LogP contribution in [0.15, 0.2) is 53.9 Å². The number of rotatable bonds is 5. The molecule has 2 aromatic carbocycles. The highest BCUT2D eigenvalue weighted by atomic mass is 32.1. The zero-order chi connectivity index (χ0) is 14.5. The van der Waals surface area contributed by atoms with Crippen molar-refractivity contribution in [2.45, 2.75) is 6.54 Å². The Balaban J connectivity index is 1.62. The summed E-state index contributed by atoms with van der Waals surface area (Å²) in [6.45, 7) is 0.786. The van der Waals surface area contributed by atoms with Crippen LogP contribution in [0.25, 0.3) is 11.3 Å². The number of benzene rings is 2. The van der Waals surface area contributed by atoms with Crippen LogP contribution in [0.2, 0.25) is 0 Å². The smallest absolute Gasteiger partial charge is 0.152 e. The summed E-state index contributed by atoms with van der Waals surface area (Å²) in [4.78, 5) is 4.19. The third kappa shape index (κ3) is 3.41. The molecule has 0 aliphatic heterocycles. The van der Waals surface area contributed by atoms with E-state index in [0.717, 1.165) is 29.2 Å². The van der Waals surface area contributed by atoms with Crippen molar-refractivity contribution in [2.24, 2.45) is 0 Å². The van der Waals surface area contributed by atoms with Gasteiger partial charge in [-0.2, -0.15) is 0 Å². The summed E-state index contributed by atoms with van der Waals surface area (Å²) in [6.07, 6.45) is 0. The van der Waals surface area contributed by atoms with Crippen LogP contribution in [-0.2, 0) is 6.54 Å². The van der Waals surface area contributed by atoms with Gasteiger partial charge in [-0.3, -0.25) is 0 Å². The van der Waals surface area contributed by atoms with Gasteiger partial charge < -0.3 is 10.1 Å². The minimum atomic E-state index is 0.786. The fraction of sp³-hybridized carbons (Fsp3) is 0.118. The molecule has 0 unspecified atom stereocenters. The summed E-state index contributed by atoms with van der Waals surface area (Å²) < 4.78 is 5.15. The van der Waals surface area contributed by atoms with Crippen LogP contribution in [-0.4, -0.2) is 12.1 Å². The molecule has 0 fully saturated rings. The molecule has 1 N–H and O–H groups in total. The van der Waals surface area contributed by atoms with E-state index < -0.39 is 0 Å². The van der Waals surface area contributed by atoms with Crippen molar-refractivity contribution in [3.05, 3.63) is 65.0 Å². The highest BCUT2D eigenvalue weighted by Crippen LogP contribution is 2.21. The van der Waals surface area contributed by atoms with E-state index in [-0.39, 0.29) is 0 Å². The van der Waals surface area contributed by atoms with Crippen LogP contribution in [0, 0.1) is 5.51 Å². The molecule has 0 saturated heterocycles.